The lowest BCUT2D eigenvalue weighted by Gasteiger charge is -2.12. The molecular weight excluding hydrogens is 353 g/mol. The first kappa shape index (κ1) is 17.5. The maximum atomic E-state index is 12.7. The van der Waals surface area contributed by atoms with E-state index in [-0.39, 0.29) is 10.7 Å². The molecule has 0 spiro atoms. The Balaban J connectivity index is 2.37. The molecule has 0 unspecified atom stereocenters. The van der Waals surface area contributed by atoms with Crippen molar-refractivity contribution in [2.24, 2.45) is 0 Å². The molecule has 0 aliphatic rings. The topological polar surface area (TPSA) is 92.5 Å². The number of alkyl halides is 3. The fourth-order valence-electron chi connectivity index (χ4n) is 1.81. The minimum atomic E-state index is -4.64. The Morgan fingerprint density at radius 1 is 1.21 bits per heavy atom. The van der Waals surface area contributed by atoms with Gasteiger partial charge in [0.05, 0.1) is 26.8 Å². The summed E-state index contributed by atoms with van der Waals surface area (Å²) in [6, 6.07) is 5.01. The summed E-state index contributed by atoms with van der Waals surface area (Å²) < 4.78 is 38.1. The van der Waals surface area contributed by atoms with E-state index >= 15 is 0 Å². The van der Waals surface area contributed by atoms with Crippen molar-refractivity contribution in [1.29, 1.82) is 0 Å². The van der Waals surface area contributed by atoms with E-state index < -0.39 is 39.6 Å². The van der Waals surface area contributed by atoms with Gasteiger partial charge in [-0.25, -0.2) is 0 Å². The molecule has 126 valence electrons. The van der Waals surface area contributed by atoms with Gasteiger partial charge in [0.1, 0.15) is 5.75 Å². The molecule has 0 aromatic heterocycles. The molecule has 0 radical (unpaired) electrons. The summed E-state index contributed by atoms with van der Waals surface area (Å²) in [5, 5.41) is 22.2. The van der Waals surface area contributed by atoms with Crippen molar-refractivity contribution in [2.75, 3.05) is 5.32 Å². The lowest BCUT2D eigenvalue weighted by molar-refractivity contribution is -0.384. The standard InChI is InChI=1S/C14H8ClF3N2O4/c15-10-3-1-7(14(16,17)18)5-11(10)19-13(22)9-6-8(20(23)24)2-4-12(9)21/h1-6,21H,(H,19,22). The molecule has 10 heteroatoms. The van der Waals surface area contributed by atoms with E-state index in [0.717, 1.165) is 30.3 Å². The first-order chi connectivity index (χ1) is 11.1. The van der Waals surface area contributed by atoms with E-state index in [1.165, 1.54) is 0 Å². The molecule has 0 fully saturated rings. The lowest BCUT2D eigenvalue weighted by atomic mass is 10.1. The number of carbonyl (C=O) groups excluding carboxylic acids is 1. The van der Waals surface area contributed by atoms with Crippen molar-refractivity contribution >= 4 is 28.9 Å². The molecule has 0 saturated heterocycles. The fraction of sp³-hybridized carbons (Fsp3) is 0.0714. The molecule has 2 aromatic rings. The highest BCUT2D eigenvalue weighted by atomic mass is 35.5. The number of non-ortho nitro benzene ring substituents is 1. The number of aromatic hydroxyl groups is 1. The van der Waals surface area contributed by atoms with Gasteiger partial charge >= 0.3 is 6.18 Å². The SMILES string of the molecule is O=C(Nc1cc(C(F)(F)F)ccc1Cl)c1cc([N+](=O)[O-])ccc1O. The summed E-state index contributed by atoms with van der Waals surface area (Å²) >= 11 is 5.75. The van der Waals surface area contributed by atoms with Crippen molar-refractivity contribution in [2.45, 2.75) is 6.18 Å². The fourth-order valence-corrected chi connectivity index (χ4v) is 1.97. The maximum absolute atomic E-state index is 12.7. The maximum Gasteiger partial charge on any atom is 0.416 e. The number of phenols is 1. The number of carbonyl (C=O) groups is 1. The van der Waals surface area contributed by atoms with Gasteiger partial charge in [-0.3, -0.25) is 14.9 Å². The molecule has 0 heterocycles. The second kappa shape index (κ2) is 6.36. The van der Waals surface area contributed by atoms with E-state index in [1.54, 1.807) is 0 Å². The molecule has 0 saturated carbocycles. The number of nitro groups is 1. The number of nitrogens with one attached hydrogen (secondary N) is 1. The smallest absolute Gasteiger partial charge is 0.416 e. The molecule has 1 amide bonds. The molecular formula is C14H8ClF3N2O4. The summed E-state index contributed by atoms with van der Waals surface area (Å²) in [6.07, 6.45) is -4.64. The quantitative estimate of drug-likeness (QED) is 0.633. The first-order valence-electron chi connectivity index (χ1n) is 6.25. The van der Waals surface area contributed by atoms with Crippen LogP contribution >= 0.6 is 11.6 Å². The van der Waals surface area contributed by atoms with Gasteiger partial charge in [0.15, 0.2) is 0 Å². The van der Waals surface area contributed by atoms with Gasteiger partial charge in [0.25, 0.3) is 11.6 Å². The lowest BCUT2D eigenvalue weighted by Crippen LogP contribution is -2.14. The third-order valence-electron chi connectivity index (χ3n) is 2.98. The minimum absolute atomic E-state index is 0.165. The predicted octanol–water partition coefficient (Wildman–Crippen LogP) is 4.22. The number of hydrogen-bond donors (Lipinski definition) is 2. The Morgan fingerprint density at radius 3 is 2.46 bits per heavy atom. The molecule has 0 atom stereocenters. The Morgan fingerprint density at radius 2 is 1.88 bits per heavy atom. The van der Waals surface area contributed by atoms with Crippen molar-refractivity contribution in [3.05, 3.63) is 62.7 Å². The number of nitro benzene ring substituents is 1. The van der Waals surface area contributed by atoms with E-state index in [1.807, 2.05) is 0 Å². The highest BCUT2D eigenvalue weighted by molar-refractivity contribution is 6.34. The van der Waals surface area contributed by atoms with Crippen LogP contribution in [0.5, 0.6) is 5.75 Å². The summed E-state index contributed by atoms with van der Waals surface area (Å²) in [5.74, 6) is -1.61. The number of benzene rings is 2. The van der Waals surface area contributed by atoms with Crippen molar-refractivity contribution < 1.29 is 28.0 Å². The normalized spacial score (nSPS) is 11.2. The van der Waals surface area contributed by atoms with Gasteiger partial charge < -0.3 is 10.4 Å². The largest absolute Gasteiger partial charge is 0.507 e. The van der Waals surface area contributed by atoms with Crippen LogP contribution in [-0.4, -0.2) is 15.9 Å². The van der Waals surface area contributed by atoms with Crippen molar-refractivity contribution in [3.8, 4) is 5.75 Å². The Hall–Kier alpha value is -2.81. The number of anilines is 1. The number of phenolic OH excluding ortho intramolecular Hbond substituents is 1. The average Bonchev–Trinajstić information content (AvgIpc) is 2.48. The number of nitrogens with zero attached hydrogens (tertiary/aromatic N) is 1. The third kappa shape index (κ3) is 3.74. The molecule has 2 aromatic carbocycles. The summed E-state index contributed by atoms with van der Waals surface area (Å²) in [5.41, 5.74) is -2.32. The third-order valence-corrected chi connectivity index (χ3v) is 3.31. The summed E-state index contributed by atoms with van der Waals surface area (Å²) in [7, 11) is 0. The zero-order chi connectivity index (χ0) is 18.1. The van der Waals surface area contributed by atoms with Gasteiger partial charge in [-0.2, -0.15) is 13.2 Å². The zero-order valence-corrected chi connectivity index (χ0v) is 12.4. The van der Waals surface area contributed by atoms with Crippen molar-refractivity contribution in [3.63, 3.8) is 0 Å². The van der Waals surface area contributed by atoms with Crippen LogP contribution in [0.2, 0.25) is 5.02 Å². The van der Waals surface area contributed by atoms with Crippen LogP contribution in [0, 0.1) is 10.1 Å². The number of halogens is 4. The summed E-state index contributed by atoms with van der Waals surface area (Å²) in [6.45, 7) is 0. The Labute approximate surface area is 137 Å². The number of hydrogen-bond acceptors (Lipinski definition) is 4. The van der Waals surface area contributed by atoms with Crippen LogP contribution in [0.1, 0.15) is 15.9 Å². The van der Waals surface area contributed by atoms with E-state index in [0.29, 0.717) is 6.07 Å². The van der Waals surface area contributed by atoms with E-state index in [4.69, 9.17) is 11.6 Å². The second-order valence-corrected chi connectivity index (χ2v) is 5.01. The highest BCUT2D eigenvalue weighted by Crippen LogP contribution is 2.34. The molecule has 0 aliphatic carbocycles. The van der Waals surface area contributed by atoms with Gasteiger partial charge in [-0.05, 0) is 24.3 Å². The Kier molecular flexibility index (Phi) is 4.65. The highest BCUT2D eigenvalue weighted by Gasteiger charge is 2.31. The molecule has 0 bridgehead atoms. The van der Waals surface area contributed by atoms with Crippen molar-refractivity contribution in [1.82, 2.24) is 0 Å². The predicted molar refractivity (Wildman–Crippen MR) is 79.2 cm³/mol. The molecule has 0 aliphatic heterocycles. The average molecular weight is 361 g/mol. The van der Waals surface area contributed by atoms with Crippen LogP contribution in [0.15, 0.2) is 36.4 Å². The molecule has 2 rings (SSSR count). The number of amides is 1. The molecule has 6 nitrogen and oxygen atoms in total. The first-order valence-corrected chi connectivity index (χ1v) is 6.63. The van der Waals surface area contributed by atoms with E-state index in [9.17, 15) is 33.2 Å². The van der Waals surface area contributed by atoms with Crippen LogP contribution in [-0.2, 0) is 6.18 Å². The van der Waals surface area contributed by atoms with Gasteiger partial charge in [0.2, 0.25) is 0 Å². The summed E-state index contributed by atoms with van der Waals surface area (Å²) in [4.78, 5) is 22.0. The van der Waals surface area contributed by atoms with Crippen LogP contribution in [0.3, 0.4) is 0 Å². The van der Waals surface area contributed by atoms with Gasteiger partial charge in [-0.15, -0.1) is 0 Å². The van der Waals surface area contributed by atoms with Crippen LogP contribution in [0.4, 0.5) is 24.5 Å². The monoisotopic (exact) mass is 360 g/mol. The number of rotatable bonds is 3. The van der Waals surface area contributed by atoms with Crippen LogP contribution < -0.4 is 5.32 Å². The minimum Gasteiger partial charge on any atom is -0.507 e. The molecule has 2 N–H and O–H groups in total. The molecule has 24 heavy (non-hydrogen) atoms. The van der Waals surface area contributed by atoms with Gasteiger partial charge in [-0.1, -0.05) is 11.6 Å². The van der Waals surface area contributed by atoms with Gasteiger partial charge in [0, 0.05) is 12.1 Å². The van der Waals surface area contributed by atoms with Crippen LogP contribution in [0.25, 0.3) is 0 Å². The zero-order valence-electron chi connectivity index (χ0n) is 11.6. The second-order valence-electron chi connectivity index (χ2n) is 4.61. The van der Waals surface area contributed by atoms with E-state index in [2.05, 4.69) is 5.32 Å². The Bertz CT molecular complexity index is 824.